The highest BCUT2D eigenvalue weighted by atomic mass is 16.4. The van der Waals surface area contributed by atoms with E-state index in [1.54, 1.807) is 0 Å². The first-order chi connectivity index (χ1) is 8.35. The highest BCUT2D eigenvalue weighted by Crippen LogP contribution is 2.10. The summed E-state index contributed by atoms with van der Waals surface area (Å²) in [7, 11) is 0. The van der Waals surface area contributed by atoms with Crippen LogP contribution in [0.1, 0.15) is 25.2 Å². The molecule has 2 N–H and O–H groups in total. The number of nitrogens with zero attached hydrogens (tertiary/aromatic N) is 2. The molecule has 18 heavy (non-hydrogen) atoms. The lowest BCUT2D eigenvalue weighted by molar-refractivity contribution is -0.158. The van der Waals surface area contributed by atoms with Crippen molar-refractivity contribution in [2.45, 2.75) is 32.9 Å². The zero-order valence-corrected chi connectivity index (χ0v) is 11.1. The maximum atomic E-state index is 10.9. The van der Waals surface area contributed by atoms with Gasteiger partial charge in [-0.3, -0.25) is 9.88 Å². The molecule has 0 amide bonds. The Balaban J connectivity index is 2.71. The number of aryl methyl sites for hydroxylation is 1. The molecule has 1 heterocycles. The molecule has 0 aliphatic heterocycles. The second-order valence-electron chi connectivity index (χ2n) is 4.65. The summed E-state index contributed by atoms with van der Waals surface area (Å²) in [5.74, 6) is -1.21. The molecular weight excluding hydrogens is 232 g/mol. The van der Waals surface area contributed by atoms with Crippen molar-refractivity contribution in [1.82, 2.24) is 9.88 Å². The van der Waals surface area contributed by atoms with E-state index in [2.05, 4.69) is 4.98 Å². The van der Waals surface area contributed by atoms with Crippen LogP contribution in [-0.4, -0.2) is 44.8 Å². The molecule has 1 aromatic heterocycles. The van der Waals surface area contributed by atoms with Crippen LogP contribution in [0.3, 0.4) is 0 Å². The third-order valence-corrected chi connectivity index (χ3v) is 2.77. The van der Waals surface area contributed by atoms with Crippen LogP contribution in [-0.2, 0) is 11.3 Å². The summed E-state index contributed by atoms with van der Waals surface area (Å²) in [5.41, 5.74) is 0.0615. The molecule has 0 saturated heterocycles. The van der Waals surface area contributed by atoms with E-state index in [0.29, 0.717) is 13.1 Å². The van der Waals surface area contributed by atoms with Gasteiger partial charge in [-0.05, 0) is 32.5 Å². The largest absolute Gasteiger partial charge is 0.479 e. The first kappa shape index (κ1) is 14.6. The van der Waals surface area contributed by atoms with Crippen molar-refractivity contribution in [3.8, 4) is 0 Å². The van der Waals surface area contributed by atoms with Gasteiger partial charge < -0.3 is 10.2 Å². The third kappa shape index (κ3) is 4.09. The first-order valence-electron chi connectivity index (χ1n) is 5.96. The molecule has 5 nitrogen and oxygen atoms in total. The number of carboxylic acid groups (broad SMARTS) is 1. The lowest BCUT2D eigenvalue weighted by Gasteiger charge is -2.27. The summed E-state index contributed by atoms with van der Waals surface area (Å²) in [4.78, 5) is 17.1. The zero-order valence-electron chi connectivity index (χ0n) is 11.1. The fraction of sp³-hybridized carbons (Fsp3) is 0.538. The van der Waals surface area contributed by atoms with Crippen LogP contribution in [0.5, 0.6) is 0 Å². The van der Waals surface area contributed by atoms with Crippen LogP contribution in [0.15, 0.2) is 18.2 Å². The van der Waals surface area contributed by atoms with Crippen molar-refractivity contribution < 1.29 is 15.0 Å². The van der Waals surface area contributed by atoms with E-state index in [9.17, 15) is 9.90 Å². The van der Waals surface area contributed by atoms with Crippen LogP contribution >= 0.6 is 0 Å². The standard InChI is InChI=1S/C13H20N2O3/c1-4-15(9-13(3,18)12(16)17)8-11-7-5-6-10(2)14-11/h5-7,18H,4,8-9H2,1-3H3,(H,16,17). The van der Waals surface area contributed by atoms with Crippen molar-refractivity contribution in [1.29, 1.82) is 0 Å². The number of likely N-dealkylation sites (N-methyl/N-ethyl adjacent to an activating group) is 1. The lowest BCUT2D eigenvalue weighted by atomic mass is 10.1. The molecule has 1 rings (SSSR count). The van der Waals surface area contributed by atoms with Gasteiger partial charge in [-0.25, -0.2) is 4.79 Å². The molecule has 0 fully saturated rings. The minimum Gasteiger partial charge on any atom is -0.479 e. The Hall–Kier alpha value is -1.46. The smallest absolute Gasteiger partial charge is 0.336 e. The number of rotatable bonds is 6. The monoisotopic (exact) mass is 252 g/mol. The number of carboxylic acids is 1. The molecule has 0 aliphatic rings. The van der Waals surface area contributed by atoms with E-state index < -0.39 is 11.6 Å². The summed E-state index contributed by atoms with van der Waals surface area (Å²) in [5, 5.41) is 18.7. The maximum Gasteiger partial charge on any atom is 0.336 e. The minimum atomic E-state index is -1.74. The normalized spacial score (nSPS) is 14.5. The van der Waals surface area contributed by atoms with Gasteiger partial charge in [0.15, 0.2) is 5.60 Å². The molecule has 5 heteroatoms. The molecule has 0 spiro atoms. The van der Waals surface area contributed by atoms with Crippen LogP contribution in [0.4, 0.5) is 0 Å². The van der Waals surface area contributed by atoms with Gasteiger partial charge in [-0.2, -0.15) is 0 Å². The molecule has 0 bridgehead atoms. The Morgan fingerprint density at radius 2 is 2.17 bits per heavy atom. The number of aliphatic carboxylic acids is 1. The number of aromatic nitrogens is 1. The Morgan fingerprint density at radius 3 is 2.67 bits per heavy atom. The van der Waals surface area contributed by atoms with Crippen molar-refractivity contribution in [3.05, 3.63) is 29.6 Å². The molecule has 0 aromatic carbocycles. The number of hydrogen-bond donors (Lipinski definition) is 2. The van der Waals surface area contributed by atoms with E-state index in [1.807, 2.05) is 36.9 Å². The molecule has 0 saturated carbocycles. The predicted molar refractivity (Wildman–Crippen MR) is 68.2 cm³/mol. The molecule has 100 valence electrons. The fourth-order valence-corrected chi connectivity index (χ4v) is 1.70. The number of carbonyl (C=O) groups is 1. The van der Waals surface area contributed by atoms with Crippen LogP contribution in [0, 0.1) is 6.92 Å². The fourth-order valence-electron chi connectivity index (χ4n) is 1.70. The second kappa shape index (κ2) is 5.93. The molecule has 0 radical (unpaired) electrons. The Labute approximate surface area is 107 Å². The maximum absolute atomic E-state index is 10.9. The zero-order chi connectivity index (χ0) is 13.8. The summed E-state index contributed by atoms with van der Waals surface area (Å²) in [6.45, 7) is 6.40. The lowest BCUT2D eigenvalue weighted by Crippen LogP contribution is -2.46. The molecule has 1 unspecified atom stereocenters. The Kier molecular flexibility index (Phi) is 4.81. The minimum absolute atomic E-state index is 0.0778. The molecule has 0 aliphatic carbocycles. The summed E-state index contributed by atoms with van der Waals surface area (Å²) in [6, 6.07) is 5.72. The first-order valence-corrected chi connectivity index (χ1v) is 5.96. The van der Waals surface area contributed by atoms with Crippen molar-refractivity contribution >= 4 is 5.97 Å². The van der Waals surface area contributed by atoms with Gasteiger partial charge in [0.2, 0.25) is 0 Å². The highest BCUT2D eigenvalue weighted by Gasteiger charge is 2.31. The molecular formula is C13H20N2O3. The van der Waals surface area contributed by atoms with E-state index in [0.717, 1.165) is 11.4 Å². The van der Waals surface area contributed by atoms with E-state index in [4.69, 9.17) is 5.11 Å². The Morgan fingerprint density at radius 1 is 1.50 bits per heavy atom. The van der Waals surface area contributed by atoms with E-state index in [-0.39, 0.29) is 6.54 Å². The number of hydrogen-bond acceptors (Lipinski definition) is 4. The van der Waals surface area contributed by atoms with Crippen molar-refractivity contribution in [3.63, 3.8) is 0 Å². The van der Waals surface area contributed by atoms with Crippen LogP contribution in [0.2, 0.25) is 0 Å². The van der Waals surface area contributed by atoms with E-state index in [1.165, 1.54) is 6.92 Å². The highest BCUT2D eigenvalue weighted by molar-refractivity contribution is 5.76. The Bertz CT molecular complexity index is 418. The average Bonchev–Trinajstić information content (AvgIpc) is 2.27. The molecule has 1 aromatic rings. The van der Waals surface area contributed by atoms with E-state index >= 15 is 0 Å². The van der Waals surface area contributed by atoms with Gasteiger partial charge in [0, 0.05) is 18.8 Å². The van der Waals surface area contributed by atoms with Gasteiger partial charge in [0.25, 0.3) is 0 Å². The van der Waals surface area contributed by atoms with Crippen LogP contribution < -0.4 is 0 Å². The molecule has 1 atom stereocenters. The summed E-state index contributed by atoms with van der Waals surface area (Å²) in [6.07, 6.45) is 0. The van der Waals surface area contributed by atoms with Gasteiger partial charge in [-0.1, -0.05) is 13.0 Å². The number of pyridine rings is 1. The average molecular weight is 252 g/mol. The van der Waals surface area contributed by atoms with Crippen molar-refractivity contribution in [2.24, 2.45) is 0 Å². The summed E-state index contributed by atoms with van der Waals surface area (Å²) < 4.78 is 0. The van der Waals surface area contributed by atoms with Gasteiger partial charge in [-0.15, -0.1) is 0 Å². The van der Waals surface area contributed by atoms with Gasteiger partial charge in [0.05, 0.1) is 5.69 Å². The second-order valence-corrected chi connectivity index (χ2v) is 4.65. The summed E-state index contributed by atoms with van der Waals surface area (Å²) >= 11 is 0. The van der Waals surface area contributed by atoms with Gasteiger partial charge >= 0.3 is 5.97 Å². The predicted octanol–water partition coefficient (Wildman–Crippen LogP) is 1.05. The number of aliphatic hydroxyl groups is 1. The third-order valence-electron chi connectivity index (χ3n) is 2.77. The van der Waals surface area contributed by atoms with Crippen molar-refractivity contribution in [2.75, 3.05) is 13.1 Å². The topological polar surface area (TPSA) is 73.7 Å². The SMILES string of the molecule is CCN(Cc1cccc(C)n1)CC(C)(O)C(=O)O. The van der Waals surface area contributed by atoms with Crippen LogP contribution in [0.25, 0.3) is 0 Å². The van der Waals surface area contributed by atoms with Gasteiger partial charge in [0.1, 0.15) is 0 Å². The quantitative estimate of drug-likeness (QED) is 0.791.